The van der Waals surface area contributed by atoms with Crippen LogP contribution in [0, 0.1) is 11.3 Å². The standard InChI is InChI=1S/C11H11N5S/c1-16(5-9-6-17-7-15-9)11-10(13)8(4-12)2-3-14-11/h2-3,6-7H,5,13H2,1H3. The molecule has 0 aliphatic heterocycles. The van der Waals surface area contributed by atoms with E-state index in [1.165, 1.54) is 0 Å². The highest BCUT2D eigenvalue weighted by Crippen LogP contribution is 2.23. The molecule has 0 spiro atoms. The fraction of sp³-hybridized carbons (Fsp3) is 0.182. The van der Waals surface area contributed by atoms with Gasteiger partial charge in [0.2, 0.25) is 0 Å². The third-order valence-corrected chi connectivity index (χ3v) is 2.97. The first-order chi connectivity index (χ1) is 8.22. The normalized spacial score (nSPS) is 9.88. The van der Waals surface area contributed by atoms with Crippen LogP contribution in [0.5, 0.6) is 0 Å². The van der Waals surface area contributed by atoms with E-state index in [1.54, 1.807) is 29.1 Å². The summed E-state index contributed by atoms with van der Waals surface area (Å²) in [5, 5.41) is 10.9. The van der Waals surface area contributed by atoms with E-state index < -0.39 is 0 Å². The van der Waals surface area contributed by atoms with Crippen LogP contribution in [0.3, 0.4) is 0 Å². The van der Waals surface area contributed by atoms with Gasteiger partial charge in [-0.25, -0.2) is 9.97 Å². The molecule has 0 fully saturated rings. The lowest BCUT2D eigenvalue weighted by atomic mass is 10.2. The minimum atomic E-state index is 0.410. The molecule has 0 saturated heterocycles. The van der Waals surface area contributed by atoms with Gasteiger partial charge in [0.05, 0.1) is 29.0 Å². The van der Waals surface area contributed by atoms with Gasteiger partial charge in [-0.2, -0.15) is 5.26 Å². The van der Waals surface area contributed by atoms with Crippen molar-refractivity contribution in [3.63, 3.8) is 0 Å². The van der Waals surface area contributed by atoms with Gasteiger partial charge >= 0.3 is 0 Å². The Hall–Kier alpha value is -2.13. The third kappa shape index (κ3) is 2.34. The summed E-state index contributed by atoms with van der Waals surface area (Å²) in [7, 11) is 1.87. The van der Waals surface area contributed by atoms with Gasteiger partial charge in [-0.15, -0.1) is 11.3 Å². The molecule has 0 bridgehead atoms. The minimum Gasteiger partial charge on any atom is -0.395 e. The monoisotopic (exact) mass is 245 g/mol. The second-order valence-corrected chi connectivity index (χ2v) is 4.26. The number of pyridine rings is 1. The van der Waals surface area contributed by atoms with Gasteiger partial charge in [0.15, 0.2) is 5.82 Å². The van der Waals surface area contributed by atoms with E-state index >= 15 is 0 Å². The van der Waals surface area contributed by atoms with E-state index in [9.17, 15) is 0 Å². The van der Waals surface area contributed by atoms with Crippen LogP contribution >= 0.6 is 11.3 Å². The molecule has 2 rings (SSSR count). The molecule has 0 aliphatic rings. The first kappa shape index (κ1) is 11.4. The molecule has 0 amide bonds. The Bertz CT molecular complexity index is 543. The second-order valence-electron chi connectivity index (χ2n) is 3.54. The van der Waals surface area contributed by atoms with Crippen LogP contribution in [0.15, 0.2) is 23.2 Å². The Morgan fingerprint density at radius 1 is 1.53 bits per heavy atom. The van der Waals surface area contributed by atoms with Crippen molar-refractivity contribution in [1.82, 2.24) is 9.97 Å². The van der Waals surface area contributed by atoms with Crippen LogP contribution in [0.4, 0.5) is 11.5 Å². The molecule has 17 heavy (non-hydrogen) atoms. The maximum Gasteiger partial charge on any atom is 0.153 e. The van der Waals surface area contributed by atoms with E-state index in [0.29, 0.717) is 23.6 Å². The van der Waals surface area contributed by atoms with Gasteiger partial charge in [-0.05, 0) is 6.07 Å². The Labute approximate surface area is 103 Å². The molecule has 86 valence electrons. The summed E-state index contributed by atoms with van der Waals surface area (Å²) >= 11 is 1.55. The molecule has 2 aromatic rings. The Balaban J connectivity index is 2.25. The molecule has 0 aromatic carbocycles. The number of rotatable bonds is 3. The third-order valence-electron chi connectivity index (χ3n) is 2.33. The summed E-state index contributed by atoms with van der Waals surface area (Å²) in [5.41, 5.74) is 9.48. The van der Waals surface area contributed by atoms with E-state index in [0.717, 1.165) is 5.69 Å². The number of nitriles is 1. The maximum absolute atomic E-state index is 8.89. The van der Waals surface area contributed by atoms with Crippen molar-refractivity contribution in [2.75, 3.05) is 17.7 Å². The van der Waals surface area contributed by atoms with Crippen LogP contribution in [0.1, 0.15) is 11.3 Å². The lowest BCUT2D eigenvalue weighted by molar-refractivity contribution is 0.875. The van der Waals surface area contributed by atoms with Gasteiger partial charge in [0.25, 0.3) is 0 Å². The number of nitrogens with zero attached hydrogens (tertiary/aromatic N) is 4. The Morgan fingerprint density at radius 3 is 3.00 bits per heavy atom. The van der Waals surface area contributed by atoms with Gasteiger partial charge in [0.1, 0.15) is 6.07 Å². The highest BCUT2D eigenvalue weighted by Gasteiger charge is 2.11. The van der Waals surface area contributed by atoms with E-state index in [1.807, 2.05) is 23.4 Å². The van der Waals surface area contributed by atoms with Crippen LogP contribution in [-0.2, 0) is 6.54 Å². The van der Waals surface area contributed by atoms with Gasteiger partial charge in [-0.3, -0.25) is 0 Å². The summed E-state index contributed by atoms with van der Waals surface area (Å²) in [6.45, 7) is 0.621. The molecule has 0 atom stereocenters. The van der Waals surface area contributed by atoms with E-state index in [4.69, 9.17) is 11.0 Å². The number of anilines is 2. The summed E-state index contributed by atoms with van der Waals surface area (Å²) < 4.78 is 0. The summed E-state index contributed by atoms with van der Waals surface area (Å²) in [4.78, 5) is 10.3. The summed E-state index contributed by atoms with van der Waals surface area (Å²) in [5.74, 6) is 0.608. The van der Waals surface area contributed by atoms with Crippen LogP contribution in [0.25, 0.3) is 0 Å². The highest BCUT2D eigenvalue weighted by atomic mass is 32.1. The number of hydrogen-bond donors (Lipinski definition) is 1. The first-order valence-electron chi connectivity index (χ1n) is 4.95. The fourth-order valence-electron chi connectivity index (χ4n) is 1.50. The summed E-state index contributed by atoms with van der Waals surface area (Å²) in [6.07, 6.45) is 1.59. The Kier molecular flexibility index (Phi) is 3.21. The molecule has 0 radical (unpaired) electrons. The number of aromatic nitrogens is 2. The lowest BCUT2D eigenvalue weighted by Crippen LogP contribution is -2.19. The van der Waals surface area contributed by atoms with Crippen LogP contribution < -0.4 is 10.6 Å². The molecule has 2 aromatic heterocycles. The predicted octanol–water partition coefficient (Wildman–Crippen LogP) is 1.63. The molecule has 6 heteroatoms. The fourth-order valence-corrected chi connectivity index (χ4v) is 2.05. The van der Waals surface area contributed by atoms with Gasteiger partial charge < -0.3 is 10.6 Å². The highest BCUT2D eigenvalue weighted by molar-refractivity contribution is 7.07. The van der Waals surface area contributed by atoms with E-state index in [2.05, 4.69) is 9.97 Å². The molecule has 2 N–H and O–H groups in total. The van der Waals surface area contributed by atoms with Crippen molar-refractivity contribution < 1.29 is 0 Å². The van der Waals surface area contributed by atoms with Gasteiger partial charge in [-0.1, -0.05) is 0 Å². The van der Waals surface area contributed by atoms with Crippen molar-refractivity contribution in [3.8, 4) is 6.07 Å². The number of hydrogen-bond acceptors (Lipinski definition) is 6. The molecule has 0 saturated carbocycles. The smallest absolute Gasteiger partial charge is 0.153 e. The number of nitrogens with two attached hydrogens (primary N) is 1. The summed E-state index contributed by atoms with van der Waals surface area (Å²) in [6, 6.07) is 3.65. The molecular formula is C11H11N5S. The van der Waals surface area contributed by atoms with Crippen molar-refractivity contribution in [1.29, 1.82) is 5.26 Å². The number of nitrogen functional groups attached to an aromatic ring is 1. The van der Waals surface area contributed by atoms with E-state index in [-0.39, 0.29) is 0 Å². The van der Waals surface area contributed by atoms with Crippen LogP contribution in [-0.4, -0.2) is 17.0 Å². The average molecular weight is 245 g/mol. The molecule has 0 aliphatic carbocycles. The van der Waals surface area contributed by atoms with Crippen molar-refractivity contribution in [2.24, 2.45) is 0 Å². The Morgan fingerprint density at radius 2 is 2.35 bits per heavy atom. The molecule has 5 nitrogen and oxygen atoms in total. The minimum absolute atomic E-state index is 0.410. The molecular weight excluding hydrogens is 234 g/mol. The average Bonchev–Trinajstić information content (AvgIpc) is 2.82. The zero-order valence-corrected chi connectivity index (χ0v) is 10.1. The van der Waals surface area contributed by atoms with Gasteiger partial charge in [0, 0.05) is 18.6 Å². The largest absolute Gasteiger partial charge is 0.395 e. The quantitative estimate of drug-likeness (QED) is 0.889. The zero-order chi connectivity index (χ0) is 12.3. The zero-order valence-electron chi connectivity index (χ0n) is 9.29. The number of thiazole rings is 1. The van der Waals surface area contributed by atoms with Crippen molar-refractivity contribution >= 4 is 22.8 Å². The van der Waals surface area contributed by atoms with Crippen molar-refractivity contribution in [3.05, 3.63) is 34.4 Å². The molecule has 0 unspecified atom stereocenters. The topological polar surface area (TPSA) is 78.8 Å². The maximum atomic E-state index is 8.89. The SMILES string of the molecule is CN(Cc1cscn1)c1nccc(C#N)c1N. The second kappa shape index (κ2) is 4.80. The van der Waals surface area contributed by atoms with Crippen molar-refractivity contribution in [2.45, 2.75) is 6.54 Å². The lowest BCUT2D eigenvalue weighted by Gasteiger charge is -2.18. The molecule has 2 heterocycles. The predicted molar refractivity (Wildman–Crippen MR) is 67.6 cm³/mol. The van der Waals surface area contributed by atoms with Crippen LogP contribution in [0.2, 0.25) is 0 Å². The first-order valence-corrected chi connectivity index (χ1v) is 5.89.